The van der Waals surface area contributed by atoms with Crippen LogP contribution < -0.4 is 9.80 Å². The van der Waals surface area contributed by atoms with Gasteiger partial charge in [-0.05, 0) is 29.0 Å². The van der Waals surface area contributed by atoms with Crippen LogP contribution in [0.15, 0.2) is 103 Å². The molecule has 3 aliphatic rings. The summed E-state index contributed by atoms with van der Waals surface area (Å²) in [5.74, 6) is -2.10. The summed E-state index contributed by atoms with van der Waals surface area (Å²) in [6.07, 6.45) is 4.05. The van der Waals surface area contributed by atoms with Gasteiger partial charge >= 0.3 is 0 Å². The molecule has 4 atom stereocenters. The van der Waals surface area contributed by atoms with E-state index in [9.17, 15) is 14.4 Å². The number of hydrogen-bond donors (Lipinski definition) is 0. The summed E-state index contributed by atoms with van der Waals surface area (Å²) in [4.78, 5) is 45.1. The van der Waals surface area contributed by atoms with Gasteiger partial charge in [-0.15, -0.1) is 0 Å². The van der Waals surface area contributed by atoms with Crippen LogP contribution in [-0.4, -0.2) is 29.7 Å². The fourth-order valence-corrected chi connectivity index (χ4v) is 6.23. The van der Waals surface area contributed by atoms with Gasteiger partial charge in [-0.1, -0.05) is 91.0 Å². The Kier molecular flexibility index (Phi) is 4.48. The topological polar surface area (TPSA) is 57.7 Å². The van der Waals surface area contributed by atoms with E-state index in [1.54, 1.807) is 24.3 Å². The van der Waals surface area contributed by atoms with Gasteiger partial charge in [0.25, 0.3) is 0 Å². The van der Waals surface area contributed by atoms with E-state index in [0.717, 1.165) is 22.0 Å². The van der Waals surface area contributed by atoms with Crippen molar-refractivity contribution < 1.29 is 14.4 Å². The number of fused-ring (bicyclic) bond motifs is 7. The third kappa shape index (κ3) is 2.80. The Labute approximate surface area is 208 Å². The van der Waals surface area contributed by atoms with Crippen LogP contribution in [-0.2, 0) is 9.59 Å². The molecule has 4 aromatic rings. The van der Waals surface area contributed by atoms with E-state index in [2.05, 4.69) is 12.1 Å². The monoisotopic (exact) mass is 470 g/mol. The molecule has 174 valence electrons. The molecule has 3 heterocycles. The van der Waals surface area contributed by atoms with E-state index in [1.807, 2.05) is 77.7 Å². The molecule has 5 nitrogen and oxygen atoms in total. The number of carbonyl (C=O) groups is 3. The van der Waals surface area contributed by atoms with Crippen LogP contribution in [0.2, 0.25) is 0 Å². The number of imide groups is 1. The maximum absolute atomic E-state index is 14.1. The Morgan fingerprint density at radius 1 is 0.694 bits per heavy atom. The molecule has 0 spiro atoms. The average molecular weight is 471 g/mol. The molecule has 0 saturated carbocycles. The number of benzene rings is 4. The summed E-state index contributed by atoms with van der Waals surface area (Å²) in [6, 6.07) is 29.1. The molecular formula is C31H22N2O3. The predicted octanol–water partition coefficient (Wildman–Crippen LogP) is 5.11. The van der Waals surface area contributed by atoms with E-state index in [0.29, 0.717) is 11.3 Å². The minimum atomic E-state index is -0.780. The lowest BCUT2D eigenvalue weighted by molar-refractivity contribution is -0.122. The fourth-order valence-electron chi connectivity index (χ4n) is 6.23. The highest BCUT2D eigenvalue weighted by Gasteiger charge is 2.64. The van der Waals surface area contributed by atoms with Crippen LogP contribution >= 0.6 is 0 Å². The number of ketones is 1. The number of Topliss-reactive ketones (excluding diaryl/α,β-unsaturated/α-hetero) is 1. The summed E-state index contributed by atoms with van der Waals surface area (Å²) in [6.45, 7) is 0. The minimum absolute atomic E-state index is 0.140. The molecule has 5 heteroatoms. The number of amides is 2. The molecule has 0 N–H and O–H groups in total. The van der Waals surface area contributed by atoms with Gasteiger partial charge in [0.2, 0.25) is 11.8 Å². The first-order valence-electron chi connectivity index (χ1n) is 12.2. The minimum Gasteiger partial charge on any atom is -0.352 e. The first-order valence-corrected chi connectivity index (χ1v) is 12.2. The van der Waals surface area contributed by atoms with E-state index in [4.69, 9.17) is 0 Å². The number of nitrogens with zero attached hydrogens (tertiary/aromatic N) is 2. The summed E-state index contributed by atoms with van der Waals surface area (Å²) in [7, 11) is 0. The lowest BCUT2D eigenvalue weighted by Gasteiger charge is -2.37. The Morgan fingerprint density at radius 2 is 1.36 bits per heavy atom. The van der Waals surface area contributed by atoms with Crippen LogP contribution in [0.3, 0.4) is 0 Å². The molecule has 0 bridgehead atoms. The van der Waals surface area contributed by atoms with Gasteiger partial charge in [-0.3, -0.25) is 14.4 Å². The van der Waals surface area contributed by atoms with E-state index in [-0.39, 0.29) is 23.6 Å². The normalized spacial score (nSPS) is 24.1. The molecule has 2 fully saturated rings. The zero-order valence-electron chi connectivity index (χ0n) is 19.3. The molecule has 2 amide bonds. The zero-order chi connectivity index (χ0) is 24.4. The number of anilines is 2. The molecule has 0 unspecified atom stereocenters. The van der Waals surface area contributed by atoms with Gasteiger partial charge < -0.3 is 4.90 Å². The van der Waals surface area contributed by atoms with Crippen LogP contribution in [0.4, 0.5) is 11.4 Å². The van der Waals surface area contributed by atoms with Crippen molar-refractivity contribution in [1.29, 1.82) is 0 Å². The molecule has 3 aliphatic heterocycles. The van der Waals surface area contributed by atoms with Crippen molar-refractivity contribution in [3.63, 3.8) is 0 Å². The zero-order valence-corrected chi connectivity index (χ0v) is 19.3. The van der Waals surface area contributed by atoms with Crippen LogP contribution in [0.5, 0.6) is 0 Å². The molecular weight excluding hydrogens is 448 g/mol. The molecule has 0 aromatic heterocycles. The predicted molar refractivity (Wildman–Crippen MR) is 140 cm³/mol. The molecule has 0 aliphatic carbocycles. The molecule has 7 rings (SSSR count). The van der Waals surface area contributed by atoms with Gasteiger partial charge in [0.15, 0.2) is 5.78 Å². The largest absolute Gasteiger partial charge is 0.352 e. The van der Waals surface area contributed by atoms with Crippen LogP contribution in [0, 0.1) is 11.8 Å². The Hall–Kier alpha value is -4.51. The summed E-state index contributed by atoms with van der Waals surface area (Å²) in [5, 5.41) is 2.18. The summed E-state index contributed by atoms with van der Waals surface area (Å²) >= 11 is 0. The average Bonchev–Trinajstić information content (AvgIpc) is 3.41. The standard InChI is InChI=1S/C31H22N2O3/c34-29(20-10-3-1-4-11-20)28-27-26(30(35)32(31(27)36)21-12-5-2-6-13-21)25-18-16-23-22-14-8-7-9-19(22)15-17-24(23)33(25)28/h1-18,25-28H/t25-,26-,27-,28+/m1/s1. The van der Waals surface area contributed by atoms with E-state index in [1.165, 1.54) is 4.90 Å². The molecule has 0 radical (unpaired) electrons. The second-order valence-corrected chi connectivity index (χ2v) is 9.55. The smallest absolute Gasteiger partial charge is 0.240 e. The van der Waals surface area contributed by atoms with Crippen molar-refractivity contribution in [1.82, 2.24) is 0 Å². The van der Waals surface area contributed by atoms with Crippen LogP contribution in [0.1, 0.15) is 15.9 Å². The number of para-hydroxylation sites is 1. The first-order chi connectivity index (χ1) is 17.6. The van der Waals surface area contributed by atoms with E-state index < -0.39 is 17.9 Å². The highest BCUT2D eigenvalue weighted by Crippen LogP contribution is 2.50. The molecule has 2 saturated heterocycles. The Morgan fingerprint density at radius 3 is 2.14 bits per heavy atom. The second kappa shape index (κ2) is 7.75. The van der Waals surface area contributed by atoms with Crippen molar-refractivity contribution in [3.05, 3.63) is 114 Å². The van der Waals surface area contributed by atoms with Crippen molar-refractivity contribution in [3.8, 4) is 0 Å². The Bertz CT molecular complexity index is 1580. The van der Waals surface area contributed by atoms with Gasteiger partial charge in [-0.2, -0.15) is 0 Å². The quantitative estimate of drug-likeness (QED) is 0.308. The van der Waals surface area contributed by atoms with Crippen LogP contribution in [0.25, 0.3) is 16.8 Å². The lowest BCUT2D eigenvalue weighted by Crippen LogP contribution is -2.48. The van der Waals surface area contributed by atoms with Gasteiger partial charge in [0.1, 0.15) is 6.04 Å². The molecule has 4 aromatic carbocycles. The first kappa shape index (κ1) is 20.8. The highest BCUT2D eigenvalue weighted by molar-refractivity contribution is 6.25. The van der Waals surface area contributed by atoms with Crippen molar-refractivity contribution in [2.24, 2.45) is 11.8 Å². The summed E-state index contributed by atoms with van der Waals surface area (Å²) in [5.41, 5.74) is 2.98. The Balaban J connectivity index is 1.42. The summed E-state index contributed by atoms with van der Waals surface area (Å²) < 4.78 is 0. The number of hydrogen-bond acceptors (Lipinski definition) is 4. The second-order valence-electron chi connectivity index (χ2n) is 9.55. The number of carbonyl (C=O) groups excluding carboxylic acids is 3. The lowest BCUT2D eigenvalue weighted by atomic mass is 9.86. The van der Waals surface area contributed by atoms with Crippen molar-refractivity contribution >= 4 is 45.8 Å². The maximum Gasteiger partial charge on any atom is 0.240 e. The van der Waals surface area contributed by atoms with Gasteiger partial charge in [0.05, 0.1) is 23.6 Å². The SMILES string of the molecule is O=C(c1ccccc1)[C@@H]1[C@@H]2C(=O)N(c3ccccc3)C(=O)[C@@H]2[C@H]2C=Cc3c(ccc4ccccc34)N21. The fraction of sp³-hybridized carbons (Fsp3) is 0.129. The third-order valence-corrected chi connectivity index (χ3v) is 7.75. The van der Waals surface area contributed by atoms with Gasteiger partial charge in [0, 0.05) is 16.8 Å². The van der Waals surface area contributed by atoms with Crippen molar-refractivity contribution in [2.75, 3.05) is 9.80 Å². The molecule has 36 heavy (non-hydrogen) atoms. The van der Waals surface area contributed by atoms with Crippen molar-refractivity contribution in [2.45, 2.75) is 12.1 Å². The third-order valence-electron chi connectivity index (χ3n) is 7.75. The number of rotatable bonds is 3. The maximum atomic E-state index is 14.1. The van der Waals surface area contributed by atoms with E-state index >= 15 is 0 Å². The van der Waals surface area contributed by atoms with Gasteiger partial charge in [-0.25, -0.2) is 4.90 Å². The highest BCUT2D eigenvalue weighted by atomic mass is 16.2.